The van der Waals surface area contributed by atoms with Crippen LogP contribution in [0.2, 0.25) is 0 Å². The van der Waals surface area contributed by atoms with Crippen molar-refractivity contribution < 1.29 is 4.74 Å². The zero-order valence-electron chi connectivity index (χ0n) is 36.6. The first kappa shape index (κ1) is 37.5. The van der Waals surface area contributed by atoms with Gasteiger partial charge < -0.3 is 18.4 Å². The summed E-state index contributed by atoms with van der Waals surface area (Å²) >= 11 is 0. The molecule has 0 saturated carbocycles. The molecule has 15 rings (SSSR count). The Morgan fingerprint density at radius 3 is 1.46 bits per heavy atom. The highest BCUT2D eigenvalue weighted by molar-refractivity contribution is 6.12. The Bertz CT molecular complexity index is 4340. The lowest BCUT2D eigenvalue weighted by Crippen LogP contribution is -2.32. The molecule has 0 N–H and O–H groups in total. The van der Waals surface area contributed by atoms with Crippen LogP contribution in [-0.4, -0.2) is 23.7 Å². The van der Waals surface area contributed by atoms with Crippen LogP contribution < -0.4 is 4.74 Å². The number of benzene rings is 8. The van der Waals surface area contributed by atoms with Crippen molar-refractivity contribution in [2.75, 3.05) is 0 Å². The molecule has 8 heteroatoms. The zero-order valence-corrected chi connectivity index (χ0v) is 36.6. The van der Waals surface area contributed by atoms with E-state index in [0.717, 1.165) is 106 Å². The number of hydrogen-bond donors (Lipinski definition) is 0. The predicted molar refractivity (Wildman–Crippen MR) is 273 cm³/mol. The van der Waals surface area contributed by atoms with Crippen molar-refractivity contribution in [2.45, 2.75) is 5.41 Å². The minimum Gasteiger partial charge on any atom is -0.457 e. The number of ether oxygens (including phenoxy) is 1. The second kappa shape index (κ2) is 13.6. The van der Waals surface area contributed by atoms with Gasteiger partial charge in [-0.05, 0) is 96.4 Å². The summed E-state index contributed by atoms with van der Waals surface area (Å²) in [6, 6.07) is 67.8. The third kappa shape index (κ3) is 4.88. The van der Waals surface area contributed by atoms with E-state index in [1.807, 2.05) is 54.9 Å². The average Bonchev–Trinajstić information content (AvgIpc) is 4.12. The lowest BCUT2D eigenvalue weighted by atomic mass is 9.66. The second-order valence-corrected chi connectivity index (χ2v) is 17.9. The van der Waals surface area contributed by atoms with Crippen molar-refractivity contribution in [1.82, 2.24) is 23.7 Å². The minimum atomic E-state index is -0.974. The molecule has 1 atom stereocenters. The van der Waals surface area contributed by atoms with Crippen molar-refractivity contribution in [3.05, 3.63) is 240 Å². The van der Waals surface area contributed by atoms with Crippen LogP contribution in [0, 0.1) is 17.9 Å². The molecule has 1 unspecified atom stereocenters. The highest BCUT2D eigenvalue weighted by atomic mass is 16.5. The SMILES string of the molecule is [C-]#[N+]c1ccc2c(c1)c1cc(C#N)ccc1n2-c1cnc2c(c1)C1(c3ccccc3Oc3ccc(-n4c5ccccc5c5ccccc54)cc31)c1cc(-n3c4ccccc4c4ccccc43)cnc1-2. The Morgan fingerprint density at radius 2 is 0.899 bits per heavy atom. The van der Waals surface area contributed by atoms with Gasteiger partial charge >= 0.3 is 0 Å². The first-order valence-corrected chi connectivity index (χ1v) is 22.9. The third-order valence-corrected chi connectivity index (χ3v) is 14.6. The van der Waals surface area contributed by atoms with E-state index in [-0.39, 0.29) is 0 Å². The van der Waals surface area contributed by atoms with Crippen molar-refractivity contribution in [3.8, 4) is 46.0 Å². The quantitative estimate of drug-likeness (QED) is 0.166. The fourth-order valence-corrected chi connectivity index (χ4v) is 11.8. The lowest BCUT2D eigenvalue weighted by Gasteiger charge is -2.39. The average molecular weight is 880 g/mol. The Labute approximate surface area is 394 Å². The number of aromatic nitrogens is 5. The molecular formula is C61H33N7O. The summed E-state index contributed by atoms with van der Waals surface area (Å²) in [6.45, 7) is 7.87. The molecule has 5 aromatic heterocycles. The van der Waals surface area contributed by atoms with Crippen molar-refractivity contribution in [1.29, 1.82) is 5.26 Å². The van der Waals surface area contributed by atoms with E-state index in [0.29, 0.717) is 11.3 Å². The van der Waals surface area contributed by atoms with Crippen LogP contribution in [0.3, 0.4) is 0 Å². The molecule has 69 heavy (non-hydrogen) atoms. The lowest BCUT2D eigenvalue weighted by molar-refractivity contribution is 0.436. The minimum absolute atomic E-state index is 0.532. The van der Waals surface area contributed by atoms with Gasteiger partial charge in [-0.1, -0.05) is 97.1 Å². The van der Waals surface area contributed by atoms with E-state index in [1.54, 1.807) is 0 Å². The number of para-hydroxylation sites is 5. The maximum absolute atomic E-state index is 10.0. The topological polar surface area (TPSA) is 78.0 Å². The molecule has 0 saturated heterocycles. The van der Waals surface area contributed by atoms with Gasteiger partial charge in [0.15, 0.2) is 5.69 Å². The molecule has 2 aliphatic rings. The van der Waals surface area contributed by atoms with E-state index in [2.05, 4.69) is 170 Å². The van der Waals surface area contributed by atoms with Gasteiger partial charge in [-0.3, -0.25) is 9.97 Å². The van der Waals surface area contributed by atoms with Crippen LogP contribution in [0.15, 0.2) is 200 Å². The summed E-state index contributed by atoms with van der Waals surface area (Å²) in [5, 5.41) is 16.5. The molecule has 0 amide bonds. The first-order chi connectivity index (χ1) is 34.1. The van der Waals surface area contributed by atoms with E-state index < -0.39 is 5.41 Å². The van der Waals surface area contributed by atoms with Crippen LogP contribution >= 0.6 is 0 Å². The van der Waals surface area contributed by atoms with E-state index in [4.69, 9.17) is 21.3 Å². The maximum Gasteiger partial charge on any atom is 0.188 e. The number of nitriles is 1. The Morgan fingerprint density at radius 1 is 0.435 bits per heavy atom. The molecule has 0 fully saturated rings. The molecule has 6 heterocycles. The molecule has 1 aliphatic heterocycles. The summed E-state index contributed by atoms with van der Waals surface area (Å²) in [6.07, 6.45) is 3.93. The van der Waals surface area contributed by atoms with Gasteiger partial charge in [0.05, 0.1) is 91.9 Å². The fourth-order valence-electron chi connectivity index (χ4n) is 11.8. The third-order valence-electron chi connectivity index (χ3n) is 14.6. The van der Waals surface area contributed by atoms with E-state index >= 15 is 0 Å². The Kier molecular flexibility index (Phi) is 7.41. The van der Waals surface area contributed by atoms with Crippen molar-refractivity contribution in [2.24, 2.45) is 0 Å². The van der Waals surface area contributed by atoms with Gasteiger partial charge in [-0.2, -0.15) is 5.26 Å². The first-order valence-electron chi connectivity index (χ1n) is 22.9. The molecule has 13 aromatic rings. The second-order valence-electron chi connectivity index (χ2n) is 17.9. The van der Waals surface area contributed by atoms with Crippen LogP contribution in [0.5, 0.6) is 11.5 Å². The molecule has 1 spiro atoms. The Hall–Kier alpha value is -9.76. The summed E-state index contributed by atoms with van der Waals surface area (Å²) in [7, 11) is 0. The summed E-state index contributed by atoms with van der Waals surface area (Å²) < 4.78 is 13.9. The number of rotatable bonds is 3. The molecule has 0 radical (unpaired) electrons. The maximum atomic E-state index is 10.0. The van der Waals surface area contributed by atoms with Crippen LogP contribution in [0.25, 0.3) is 98.7 Å². The standard InChI is InChI=1S/C61H33N7O/c1-63-37-23-26-56-46(29-37)45-28-36(33-62)22-25-55(45)68(56)40-32-50-60(65-35-40)59-49(31-39(34-64-59)67-53-19-9-4-14-43(53)44-15-5-10-20-54(44)67)61(50)47-16-6-11-21-57(47)69-58-27-24-38(30-48(58)61)66-51-17-7-2-12-41(51)42-13-3-8-18-52(42)66/h2-32,34-35H. The van der Waals surface area contributed by atoms with Gasteiger partial charge in [0, 0.05) is 54.9 Å². The van der Waals surface area contributed by atoms with E-state index in [9.17, 15) is 5.26 Å². The molecular weight excluding hydrogens is 847 g/mol. The largest absolute Gasteiger partial charge is 0.457 e. The molecule has 0 bridgehead atoms. The summed E-state index contributed by atoms with van der Waals surface area (Å²) in [5.41, 5.74) is 14.7. The summed E-state index contributed by atoms with van der Waals surface area (Å²) in [4.78, 5) is 14.7. The molecule has 318 valence electrons. The van der Waals surface area contributed by atoms with Crippen molar-refractivity contribution in [3.63, 3.8) is 0 Å². The number of fused-ring (bicyclic) bond motifs is 18. The molecule has 8 aromatic carbocycles. The normalized spacial score (nSPS) is 14.5. The zero-order chi connectivity index (χ0) is 45.5. The summed E-state index contributed by atoms with van der Waals surface area (Å²) in [5.74, 6) is 1.51. The van der Waals surface area contributed by atoms with Crippen molar-refractivity contribution >= 4 is 71.1 Å². The highest BCUT2D eigenvalue weighted by Crippen LogP contribution is 2.62. The predicted octanol–water partition coefficient (Wildman–Crippen LogP) is 14.7. The monoisotopic (exact) mass is 879 g/mol. The van der Waals surface area contributed by atoms with Gasteiger partial charge in [-0.15, -0.1) is 0 Å². The Balaban J connectivity index is 1.07. The molecule has 8 nitrogen and oxygen atoms in total. The highest BCUT2D eigenvalue weighted by Gasteiger charge is 2.53. The van der Waals surface area contributed by atoms with Gasteiger partial charge in [0.25, 0.3) is 0 Å². The van der Waals surface area contributed by atoms with E-state index in [1.165, 1.54) is 21.5 Å². The van der Waals surface area contributed by atoms with Crippen LogP contribution in [0.4, 0.5) is 5.69 Å². The number of hydrogen-bond acceptors (Lipinski definition) is 4. The smallest absolute Gasteiger partial charge is 0.188 e. The van der Waals surface area contributed by atoms with Gasteiger partial charge in [0.1, 0.15) is 11.5 Å². The van der Waals surface area contributed by atoms with Crippen LogP contribution in [0.1, 0.15) is 27.8 Å². The van der Waals surface area contributed by atoms with Crippen LogP contribution in [-0.2, 0) is 5.41 Å². The number of pyridine rings is 2. The fraction of sp³-hybridized carbons (Fsp3) is 0.0164. The van der Waals surface area contributed by atoms with Gasteiger partial charge in [-0.25, -0.2) is 4.85 Å². The molecule has 1 aliphatic carbocycles. The number of nitrogens with zero attached hydrogens (tertiary/aromatic N) is 7. The van der Waals surface area contributed by atoms with Gasteiger partial charge in [0.2, 0.25) is 0 Å².